The van der Waals surface area contributed by atoms with Gasteiger partial charge in [-0.15, -0.1) is 0 Å². The molecule has 2 heterocycles. The molecule has 21 heavy (non-hydrogen) atoms. The topological polar surface area (TPSA) is 55.3 Å². The molecule has 0 spiro atoms. The van der Waals surface area contributed by atoms with Crippen molar-refractivity contribution in [2.45, 2.75) is 12.6 Å². The predicted octanol–water partition coefficient (Wildman–Crippen LogP) is 2.96. The Balaban J connectivity index is 1.87. The Morgan fingerprint density at radius 1 is 1.19 bits per heavy atom. The number of aromatic nitrogens is 1. The highest BCUT2D eigenvalue weighted by Crippen LogP contribution is 2.29. The molecule has 2 N–H and O–H groups in total. The number of nitrogens with two attached hydrogens (primary N) is 1. The maximum Gasteiger partial charge on any atom is 0.134 e. The molecule has 4 heteroatoms. The summed E-state index contributed by atoms with van der Waals surface area (Å²) < 4.78 is 5.63. The fraction of sp³-hybridized carbons (Fsp3) is 0.235. The van der Waals surface area contributed by atoms with E-state index in [1.165, 1.54) is 0 Å². The number of pyridine rings is 1. The number of benzene rings is 1. The van der Waals surface area contributed by atoms with Crippen molar-refractivity contribution in [3.8, 4) is 0 Å². The number of rotatable bonds is 5. The molecule has 3 aromatic rings. The van der Waals surface area contributed by atoms with Gasteiger partial charge in [0.25, 0.3) is 0 Å². The van der Waals surface area contributed by atoms with E-state index in [9.17, 15) is 0 Å². The Morgan fingerprint density at radius 3 is 2.76 bits per heavy atom. The van der Waals surface area contributed by atoms with Gasteiger partial charge in [0.15, 0.2) is 0 Å². The van der Waals surface area contributed by atoms with Crippen LogP contribution in [0.1, 0.15) is 17.3 Å². The predicted molar refractivity (Wildman–Crippen MR) is 83.7 cm³/mol. The van der Waals surface area contributed by atoms with Crippen molar-refractivity contribution in [1.82, 2.24) is 9.88 Å². The van der Waals surface area contributed by atoms with Gasteiger partial charge in [-0.2, -0.15) is 0 Å². The zero-order valence-electron chi connectivity index (χ0n) is 12.1. The molecule has 0 bridgehead atoms. The molecule has 0 saturated heterocycles. The van der Waals surface area contributed by atoms with E-state index in [0.29, 0.717) is 6.54 Å². The van der Waals surface area contributed by atoms with Gasteiger partial charge in [0, 0.05) is 30.2 Å². The Labute approximate surface area is 124 Å². The average molecular weight is 281 g/mol. The van der Waals surface area contributed by atoms with Crippen molar-refractivity contribution in [3.63, 3.8) is 0 Å². The number of likely N-dealkylation sites (N-methyl/N-ethyl adjacent to an activating group) is 1. The van der Waals surface area contributed by atoms with Gasteiger partial charge >= 0.3 is 0 Å². The van der Waals surface area contributed by atoms with Gasteiger partial charge in [-0.05, 0) is 25.2 Å². The number of fused-ring (bicyclic) bond motifs is 1. The lowest BCUT2D eigenvalue weighted by molar-refractivity contribution is 0.239. The molecular weight excluding hydrogens is 262 g/mol. The number of furan rings is 1. The summed E-state index contributed by atoms with van der Waals surface area (Å²) in [5, 5.41) is 1.13. The first-order chi connectivity index (χ1) is 10.3. The van der Waals surface area contributed by atoms with Crippen LogP contribution >= 0.6 is 0 Å². The third-order valence-corrected chi connectivity index (χ3v) is 3.76. The molecule has 2 aromatic heterocycles. The summed E-state index contributed by atoms with van der Waals surface area (Å²) in [5.41, 5.74) is 9.07. The van der Waals surface area contributed by atoms with Gasteiger partial charge in [-0.1, -0.05) is 24.3 Å². The van der Waals surface area contributed by atoms with E-state index < -0.39 is 0 Å². The summed E-state index contributed by atoms with van der Waals surface area (Å²) >= 11 is 0. The van der Waals surface area contributed by atoms with Crippen LogP contribution in [0, 0.1) is 0 Å². The van der Waals surface area contributed by atoms with Crippen LogP contribution in [0.2, 0.25) is 0 Å². The quantitative estimate of drug-likeness (QED) is 0.781. The van der Waals surface area contributed by atoms with Crippen molar-refractivity contribution >= 4 is 11.0 Å². The van der Waals surface area contributed by atoms with E-state index >= 15 is 0 Å². The Hall–Kier alpha value is -2.17. The van der Waals surface area contributed by atoms with Crippen LogP contribution in [0.3, 0.4) is 0 Å². The minimum Gasteiger partial charge on any atom is -0.464 e. The molecule has 0 fully saturated rings. The van der Waals surface area contributed by atoms with Crippen LogP contribution < -0.4 is 5.73 Å². The average Bonchev–Trinajstić information content (AvgIpc) is 2.93. The summed E-state index contributed by atoms with van der Waals surface area (Å²) in [5.74, 6) is 0. The molecule has 108 valence electrons. The highest BCUT2D eigenvalue weighted by Gasteiger charge is 2.20. The molecule has 0 radical (unpaired) electrons. The van der Waals surface area contributed by atoms with Crippen molar-refractivity contribution < 1.29 is 4.42 Å². The minimum absolute atomic E-state index is 0.107. The summed E-state index contributed by atoms with van der Waals surface area (Å²) in [6.45, 7) is 1.29. The third kappa shape index (κ3) is 2.82. The van der Waals surface area contributed by atoms with Crippen LogP contribution in [0.25, 0.3) is 11.0 Å². The smallest absolute Gasteiger partial charge is 0.134 e. The van der Waals surface area contributed by atoms with Crippen LogP contribution in [-0.2, 0) is 6.54 Å². The van der Waals surface area contributed by atoms with Crippen molar-refractivity contribution in [3.05, 3.63) is 66.2 Å². The SMILES string of the molecule is CN(Cc1ccccn1)C(CN)c1coc2ccccc12. The molecule has 0 aliphatic carbocycles. The summed E-state index contributed by atoms with van der Waals surface area (Å²) in [6, 6.07) is 14.1. The second-order valence-corrected chi connectivity index (χ2v) is 5.17. The Kier molecular flexibility index (Phi) is 3.99. The lowest BCUT2D eigenvalue weighted by Gasteiger charge is -2.26. The van der Waals surface area contributed by atoms with E-state index in [1.54, 1.807) is 0 Å². The molecule has 0 aliphatic rings. The van der Waals surface area contributed by atoms with Crippen molar-refractivity contribution in [2.24, 2.45) is 5.73 Å². The molecule has 1 atom stereocenters. The third-order valence-electron chi connectivity index (χ3n) is 3.76. The largest absolute Gasteiger partial charge is 0.464 e. The van der Waals surface area contributed by atoms with Crippen molar-refractivity contribution in [2.75, 3.05) is 13.6 Å². The first kappa shape index (κ1) is 13.8. The molecule has 1 unspecified atom stereocenters. The first-order valence-corrected chi connectivity index (χ1v) is 7.06. The summed E-state index contributed by atoms with van der Waals surface area (Å²) in [7, 11) is 2.06. The van der Waals surface area contributed by atoms with E-state index in [1.807, 2.05) is 48.9 Å². The maximum absolute atomic E-state index is 6.01. The monoisotopic (exact) mass is 281 g/mol. The normalized spacial score (nSPS) is 12.9. The number of hydrogen-bond donors (Lipinski definition) is 1. The Morgan fingerprint density at radius 2 is 2.00 bits per heavy atom. The Bertz CT molecular complexity index is 708. The van der Waals surface area contributed by atoms with Gasteiger partial charge in [-0.25, -0.2) is 0 Å². The fourth-order valence-electron chi connectivity index (χ4n) is 2.66. The zero-order valence-corrected chi connectivity index (χ0v) is 12.1. The minimum atomic E-state index is 0.107. The highest BCUT2D eigenvalue weighted by atomic mass is 16.3. The highest BCUT2D eigenvalue weighted by molar-refractivity contribution is 5.81. The molecule has 0 amide bonds. The number of para-hydroxylation sites is 1. The molecule has 4 nitrogen and oxygen atoms in total. The zero-order chi connectivity index (χ0) is 14.7. The van der Waals surface area contributed by atoms with Crippen LogP contribution in [0.5, 0.6) is 0 Å². The van der Waals surface area contributed by atoms with Gasteiger partial charge in [-0.3, -0.25) is 9.88 Å². The molecule has 0 saturated carbocycles. The molecular formula is C17H19N3O. The lowest BCUT2D eigenvalue weighted by atomic mass is 10.0. The van der Waals surface area contributed by atoms with E-state index in [2.05, 4.69) is 23.0 Å². The molecule has 3 rings (SSSR count). The maximum atomic E-state index is 6.01. The van der Waals surface area contributed by atoms with Gasteiger partial charge in [0.05, 0.1) is 18.0 Å². The molecule has 1 aromatic carbocycles. The second kappa shape index (κ2) is 6.08. The van der Waals surface area contributed by atoms with Crippen LogP contribution in [0.15, 0.2) is 59.3 Å². The van der Waals surface area contributed by atoms with Crippen LogP contribution in [-0.4, -0.2) is 23.5 Å². The standard InChI is InChI=1S/C17H19N3O/c1-20(11-13-6-4-5-9-19-13)16(10-18)15-12-21-17-8-3-2-7-14(15)17/h2-9,12,16H,10-11,18H2,1H3. The van der Waals surface area contributed by atoms with Gasteiger partial charge in [0.2, 0.25) is 0 Å². The molecule has 0 aliphatic heterocycles. The fourth-order valence-corrected chi connectivity index (χ4v) is 2.66. The summed E-state index contributed by atoms with van der Waals surface area (Å²) in [4.78, 5) is 6.58. The van der Waals surface area contributed by atoms with Crippen molar-refractivity contribution in [1.29, 1.82) is 0 Å². The second-order valence-electron chi connectivity index (χ2n) is 5.17. The number of nitrogens with zero attached hydrogens (tertiary/aromatic N) is 2. The van der Waals surface area contributed by atoms with Gasteiger partial charge < -0.3 is 10.2 Å². The van der Waals surface area contributed by atoms with E-state index in [-0.39, 0.29) is 6.04 Å². The van der Waals surface area contributed by atoms with Crippen LogP contribution in [0.4, 0.5) is 0 Å². The van der Waals surface area contributed by atoms with E-state index in [0.717, 1.165) is 28.8 Å². The lowest BCUT2D eigenvalue weighted by Crippen LogP contribution is -2.30. The first-order valence-electron chi connectivity index (χ1n) is 7.06. The number of hydrogen-bond acceptors (Lipinski definition) is 4. The van der Waals surface area contributed by atoms with E-state index in [4.69, 9.17) is 10.2 Å². The van der Waals surface area contributed by atoms with Gasteiger partial charge in [0.1, 0.15) is 5.58 Å². The summed E-state index contributed by atoms with van der Waals surface area (Å²) in [6.07, 6.45) is 3.63.